The molecule has 13 heavy (non-hydrogen) atoms. The van der Waals surface area contributed by atoms with Gasteiger partial charge in [-0.25, -0.2) is 0 Å². The summed E-state index contributed by atoms with van der Waals surface area (Å²) < 4.78 is 0. The number of hydrogen-bond acceptors (Lipinski definition) is 3. The molecule has 4 N–H and O–H groups in total. The molecule has 0 bridgehead atoms. The summed E-state index contributed by atoms with van der Waals surface area (Å²) in [5.41, 5.74) is 11.4. The molecule has 0 aromatic heterocycles. The summed E-state index contributed by atoms with van der Waals surface area (Å²) in [5.74, 6) is -0.402. The molecule has 0 aliphatic carbocycles. The van der Waals surface area contributed by atoms with Crippen LogP contribution < -0.4 is 11.5 Å². The highest BCUT2D eigenvalue weighted by atomic mass is 16.1. The second-order valence-electron chi connectivity index (χ2n) is 3.47. The minimum atomic E-state index is -0.402. The molecule has 4 heteroatoms. The molecule has 1 unspecified atom stereocenters. The van der Waals surface area contributed by atoms with Gasteiger partial charge < -0.3 is 16.4 Å². The van der Waals surface area contributed by atoms with E-state index in [-0.39, 0.29) is 6.04 Å². The summed E-state index contributed by atoms with van der Waals surface area (Å²) in [6.45, 7) is 2.58. The molecular formula is C9H19N3O. The Morgan fingerprint density at radius 2 is 2.08 bits per heavy atom. The third kappa shape index (κ3) is 6.31. The molecule has 0 radical (unpaired) electrons. The Labute approximate surface area is 79.6 Å². The molecule has 0 aromatic carbocycles. The fourth-order valence-electron chi connectivity index (χ4n) is 0.894. The zero-order valence-electron chi connectivity index (χ0n) is 8.58. The molecule has 0 heterocycles. The van der Waals surface area contributed by atoms with E-state index in [9.17, 15) is 4.79 Å². The Morgan fingerprint density at radius 1 is 1.54 bits per heavy atom. The fourth-order valence-corrected chi connectivity index (χ4v) is 0.894. The summed E-state index contributed by atoms with van der Waals surface area (Å²) in [6, 6.07) is -0.0881. The lowest BCUT2D eigenvalue weighted by Gasteiger charge is -2.12. The second-order valence-corrected chi connectivity index (χ2v) is 3.47. The summed E-state index contributed by atoms with van der Waals surface area (Å²) in [5, 5.41) is 0. The number of primary amides is 1. The van der Waals surface area contributed by atoms with Crippen LogP contribution in [0.5, 0.6) is 0 Å². The number of rotatable bonds is 5. The molecule has 0 spiro atoms. The first-order valence-electron chi connectivity index (χ1n) is 4.32. The van der Waals surface area contributed by atoms with E-state index in [2.05, 4.69) is 0 Å². The summed E-state index contributed by atoms with van der Waals surface area (Å²) in [4.78, 5) is 12.7. The molecule has 76 valence electrons. The van der Waals surface area contributed by atoms with Crippen LogP contribution in [0.25, 0.3) is 0 Å². The van der Waals surface area contributed by atoms with Crippen molar-refractivity contribution in [2.24, 2.45) is 11.5 Å². The van der Waals surface area contributed by atoms with Crippen molar-refractivity contribution in [1.29, 1.82) is 0 Å². The molecule has 1 atom stereocenters. The first-order valence-corrected chi connectivity index (χ1v) is 4.32. The van der Waals surface area contributed by atoms with E-state index >= 15 is 0 Å². The Morgan fingerprint density at radius 3 is 2.46 bits per heavy atom. The first kappa shape index (κ1) is 12.1. The van der Waals surface area contributed by atoms with Gasteiger partial charge in [-0.15, -0.1) is 0 Å². The van der Waals surface area contributed by atoms with Gasteiger partial charge in [-0.2, -0.15) is 0 Å². The third-order valence-electron chi connectivity index (χ3n) is 1.76. The van der Waals surface area contributed by atoms with Gasteiger partial charge in [-0.3, -0.25) is 4.79 Å². The predicted molar refractivity (Wildman–Crippen MR) is 54.1 cm³/mol. The van der Waals surface area contributed by atoms with Crippen LogP contribution in [0.15, 0.2) is 11.6 Å². The van der Waals surface area contributed by atoms with Gasteiger partial charge in [0.2, 0.25) is 5.91 Å². The lowest BCUT2D eigenvalue weighted by molar-refractivity contribution is -0.114. The monoisotopic (exact) mass is 185 g/mol. The molecule has 0 saturated carbocycles. The van der Waals surface area contributed by atoms with E-state index in [1.54, 1.807) is 13.0 Å². The van der Waals surface area contributed by atoms with Crippen LogP contribution in [0.4, 0.5) is 0 Å². The van der Waals surface area contributed by atoms with Crippen molar-refractivity contribution < 1.29 is 4.79 Å². The van der Waals surface area contributed by atoms with Crippen molar-refractivity contribution in [2.75, 3.05) is 20.6 Å². The van der Waals surface area contributed by atoms with E-state index in [0.29, 0.717) is 5.57 Å². The van der Waals surface area contributed by atoms with Gasteiger partial charge in [0.1, 0.15) is 0 Å². The van der Waals surface area contributed by atoms with E-state index in [1.807, 2.05) is 19.0 Å². The van der Waals surface area contributed by atoms with Crippen molar-refractivity contribution >= 4 is 5.91 Å². The van der Waals surface area contributed by atoms with Crippen molar-refractivity contribution in [1.82, 2.24) is 4.90 Å². The predicted octanol–water partition coefficient (Wildman–Crippen LogP) is -0.303. The Bertz CT molecular complexity index is 199. The molecule has 0 fully saturated rings. The lowest BCUT2D eigenvalue weighted by atomic mass is 10.1. The topological polar surface area (TPSA) is 72.3 Å². The Balaban J connectivity index is 3.92. The third-order valence-corrected chi connectivity index (χ3v) is 1.76. The molecule has 4 nitrogen and oxygen atoms in total. The maximum atomic E-state index is 10.7. The number of hydrogen-bond donors (Lipinski definition) is 2. The average Bonchev–Trinajstić information content (AvgIpc) is 2.00. The molecular weight excluding hydrogens is 166 g/mol. The van der Waals surface area contributed by atoms with Crippen molar-refractivity contribution in [2.45, 2.75) is 19.4 Å². The highest BCUT2D eigenvalue weighted by Crippen LogP contribution is 1.97. The van der Waals surface area contributed by atoms with Gasteiger partial charge in [0.25, 0.3) is 0 Å². The van der Waals surface area contributed by atoms with Gasteiger partial charge in [-0.1, -0.05) is 6.08 Å². The van der Waals surface area contributed by atoms with E-state index in [0.717, 1.165) is 13.0 Å². The van der Waals surface area contributed by atoms with Crippen LogP contribution in [-0.2, 0) is 4.79 Å². The minimum absolute atomic E-state index is 0.0881. The zero-order valence-corrected chi connectivity index (χ0v) is 8.58. The quantitative estimate of drug-likeness (QED) is 0.577. The molecule has 0 saturated heterocycles. The van der Waals surface area contributed by atoms with Gasteiger partial charge in [0.05, 0.1) is 0 Å². The van der Waals surface area contributed by atoms with Gasteiger partial charge in [0, 0.05) is 11.6 Å². The largest absolute Gasteiger partial charge is 0.366 e. The van der Waals surface area contributed by atoms with Crippen molar-refractivity contribution in [3.05, 3.63) is 11.6 Å². The van der Waals surface area contributed by atoms with E-state index in [1.165, 1.54) is 0 Å². The molecule has 1 amide bonds. The van der Waals surface area contributed by atoms with E-state index in [4.69, 9.17) is 11.5 Å². The van der Waals surface area contributed by atoms with Crippen LogP contribution in [0.2, 0.25) is 0 Å². The summed E-state index contributed by atoms with van der Waals surface area (Å²) in [6.07, 6.45) is 2.55. The highest BCUT2D eigenvalue weighted by molar-refractivity contribution is 5.91. The van der Waals surface area contributed by atoms with Crippen molar-refractivity contribution in [3.63, 3.8) is 0 Å². The minimum Gasteiger partial charge on any atom is -0.366 e. The maximum absolute atomic E-state index is 10.7. The van der Waals surface area contributed by atoms with Crippen LogP contribution in [0.1, 0.15) is 13.3 Å². The fraction of sp³-hybridized carbons (Fsp3) is 0.667. The highest BCUT2D eigenvalue weighted by Gasteiger charge is 2.03. The van der Waals surface area contributed by atoms with Gasteiger partial charge in [-0.05, 0) is 34.0 Å². The molecule has 0 aromatic rings. The lowest BCUT2D eigenvalue weighted by Crippen LogP contribution is -2.26. The summed E-state index contributed by atoms with van der Waals surface area (Å²) >= 11 is 0. The molecule has 0 aliphatic rings. The SMILES string of the molecule is CC(=CC(N)CCN(C)C)C(N)=O. The van der Waals surface area contributed by atoms with E-state index < -0.39 is 5.91 Å². The zero-order chi connectivity index (χ0) is 10.4. The standard InChI is InChI=1S/C9H19N3O/c1-7(9(11)13)6-8(10)4-5-12(2)3/h6,8H,4-5,10H2,1-3H3,(H2,11,13). The second kappa shape index (κ2) is 5.72. The number of carbonyl (C=O) groups is 1. The van der Waals surface area contributed by atoms with Crippen LogP contribution in [0.3, 0.4) is 0 Å². The number of carbonyl (C=O) groups excluding carboxylic acids is 1. The molecule has 0 rings (SSSR count). The van der Waals surface area contributed by atoms with Crippen LogP contribution in [0, 0.1) is 0 Å². The smallest absolute Gasteiger partial charge is 0.244 e. The summed E-state index contributed by atoms with van der Waals surface area (Å²) in [7, 11) is 3.97. The molecule has 0 aliphatic heterocycles. The number of amides is 1. The maximum Gasteiger partial charge on any atom is 0.244 e. The van der Waals surface area contributed by atoms with Crippen LogP contribution >= 0.6 is 0 Å². The van der Waals surface area contributed by atoms with Gasteiger partial charge >= 0.3 is 0 Å². The average molecular weight is 185 g/mol. The van der Waals surface area contributed by atoms with Gasteiger partial charge in [0.15, 0.2) is 0 Å². The number of nitrogens with two attached hydrogens (primary N) is 2. The van der Waals surface area contributed by atoms with Crippen LogP contribution in [-0.4, -0.2) is 37.5 Å². The first-order chi connectivity index (χ1) is 5.93. The normalized spacial score (nSPS) is 14.7. The Hall–Kier alpha value is -0.870. The number of nitrogens with zero attached hydrogens (tertiary/aromatic N) is 1. The van der Waals surface area contributed by atoms with Crippen molar-refractivity contribution in [3.8, 4) is 0 Å². The Kier molecular flexibility index (Phi) is 5.34.